The van der Waals surface area contributed by atoms with Gasteiger partial charge in [-0.3, -0.25) is 0 Å². The normalized spacial score (nSPS) is 19.6. The highest BCUT2D eigenvalue weighted by atomic mass is 32.2. The molecule has 21 heavy (non-hydrogen) atoms. The van der Waals surface area contributed by atoms with E-state index in [9.17, 15) is 17.2 Å². The lowest BCUT2D eigenvalue weighted by Crippen LogP contribution is -2.30. The van der Waals surface area contributed by atoms with E-state index in [4.69, 9.17) is 10.5 Å². The van der Waals surface area contributed by atoms with Gasteiger partial charge in [0.15, 0.2) is 0 Å². The lowest BCUT2D eigenvalue weighted by molar-refractivity contribution is 0.0123. The molecule has 118 valence electrons. The molecule has 0 radical (unpaired) electrons. The SMILES string of the molecule is Nc1cc(S(=O)(=O)NCCC2CCCCO2)c(F)cc1F. The summed E-state index contributed by atoms with van der Waals surface area (Å²) in [5, 5.41) is 0. The summed E-state index contributed by atoms with van der Waals surface area (Å²) < 4.78 is 58.4. The van der Waals surface area contributed by atoms with Crippen LogP contribution in [0.3, 0.4) is 0 Å². The zero-order valence-corrected chi connectivity index (χ0v) is 12.3. The Labute approximate surface area is 122 Å². The lowest BCUT2D eigenvalue weighted by atomic mass is 10.1. The second kappa shape index (κ2) is 6.67. The lowest BCUT2D eigenvalue weighted by Gasteiger charge is -2.22. The minimum atomic E-state index is -4.06. The quantitative estimate of drug-likeness (QED) is 0.810. The molecule has 1 aliphatic heterocycles. The number of anilines is 1. The third-order valence-electron chi connectivity index (χ3n) is 3.37. The molecule has 8 heteroatoms. The Morgan fingerprint density at radius 1 is 1.29 bits per heavy atom. The molecular formula is C13H18F2N2O3S. The van der Waals surface area contributed by atoms with Gasteiger partial charge in [0.25, 0.3) is 0 Å². The summed E-state index contributed by atoms with van der Waals surface area (Å²) in [7, 11) is -4.06. The van der Waals surface area contributed by atoms with Gasteiger partial charge in [-0.1, -0.05) is 0 Å². The number of sulfonamides is 1. The molecule has 1 saturated heterocycles. The molecule has 1 fully saturated rings. The van der Waals surface area contributed by atoms with Crippen molar-refractivity contribution in [2.75, 3.05) is 18.9 Å². The number of nitrogens with one attached hydrogen (secondary N) is 1. The third-order valence-corrected chi connectivity index (χ3v) is 4.85. The fourth-order valence-electron chi connectivity index (χ4n) is 2.22. The molecule has 0 saturated carbocycles. The van der Waals surface area contributed by atoms with Crippen molar-refractivity contribution in [1.82, 2.24) is 4.72 Å². The molecule has 1 aromatic rings. The van der Waals surface area contributed by atoms with Crippen LogP contribution in [-0.2, 0) is 14.8 Å². The number of hydrogen-bond acceptors (Lipinski definition) is 4. The van der Waals surface area contributed by atoms with Crippen LogP contribution in [0, 0.1) is 11.6 Å². The predicted molar refractivity (Wildman–Crippen MR) is 74.2 cm³/mol. The molecule has 5 nitrogen and oxygen atoms in total. The highest BCUT2D eigenvalue weighted by Gasteiger charge is 2.22. The van der Waals surface area contributed by atoms with Gasteiger partial charge in [-0.05, 0) is 31.7 Å². The molecule has 1 heterocycles. The second-order valence-electron chi connectivity index (χ2n) is 4.98. The summed E-state index contributed by atoms with van der Waals surface area (Å²) in [6.45, 7) is 0.810. The minimum absolute atomic E-state index is 0.0181. The molecule has 1 aliphatic rings. The summed E-state index contributed by atoms with van der Waals surface area (Å²) in [5.74, 6) is -2.15. The van der Waals surface area contributed by atoms with Gasteiger partial charge >= 0.3 is 0 Å². The van der Waals surface area contributed by atoms with Crippen LogP contribution in [0.15, 0.2) is 17.0 Å². The van der Waals surface area contributed by atoms with E-state index in [1.807, 2.05) is 0 Å². The largest absolute Gasteiger partial charge is 0.396 e. The third kappa shape index (κ3) is 4.12. The van der Waals surface area contributed by atoms with Crippen LogP contribution in [0.4, 0.5) is 14.5 Å². The molecular weight excluding hydrogens is 302 g/mol. The average molecular weight is 320 g/mol. The van der Waals surface area contributed by atoms with Crippen LogP contribution in [-0.4, -0.2) is 27.7 Å². The Balaban J connectivity index is 1.99. The van der Waals surface area contributed by atoms with Crippen molar-refractivity contribution in [2.45, 2.75) is 36.7 Å². The second-order valence-corrected chi connectivity index (χ2v) is 6.71. The first kappa shape index (κ1) is 16.1. The number of rotatable bonds is 5. The van der Waals surface area contributed by atoms with Crippen molar-refractivity contribution in [3.63, 3.8) is 0 Å². The first-order valence-corrected chi connectivity index (χ1v) is 8.24. The molecule has 0 amide bonds. The summed E-state index contributed by atoms with van der Waals surface area (Å²) in [4.78, 5) is -0.647. The molecule has 2 rings (SSSR count). The topological polar surface area (TPSA) is 81.4 Å². The van der Waals surface area contributed by atoms with E-state index >= 15 is 0 Å². The molecule has 0 spiro atoms. The maximum Gasteiger partial charge on any atom is 0.243 e. The summed E-state index contributed by atoms with van der Waals surface area (Å²) in [6.07, 6.45) is 3.49. The van der Waals surface area contributed by atoms with E-state index in [-0.39, 0.29) is 12.6 Å². The number of hydrogen-bond donors (Lipinski definition) is 2. The van der Waals surface area contributed by atoms with E-state index < -0.39 is 32.2 Å². The highest BCUT2D eigenvalue weighted by molar-refractivity contribution is 7.89. The van der Waals surface area contributed by atoms with E-state index in [1.54, 1.807) is 0 Å². The summed E-state index contributed by atoms with van der Waals surface area (Å²) in [5.41, 5.74) is 4.87. The zero-order valence-electron chi connectivity index (χ0n) is 11.4. The first-order valence-electron chi connectivity index (χ1n) is 6.76. The van der Waals surface area contributed by atoms with E-state index in [1.165, 1.54) is 0 Å². The zero-order chi connectivity index (χ0) is 15.5. The Kier molecular flexibility index (Phi) is 5.13. The van der Waals surface area contributed by atoms with Crippen molar-refractivity contribution < 1.29 is 21.9 Å². The monoisotopic (exact) mass is 320 g/mol. The fraction of sp³-hybridized carbons (Fsp3) is 0.538. The highest BCUT2D eigenvalue weighted by Crippen LogP contribution is 2.21. The number of nitrogens with two attached hydrogens (primary N) is 1. The number of benzene rings is 1. The Morgan fingerprint density at radius 3 is 2.71 bits per heavy atom. The van der Waals surface area contributed by atoms with Gasteiger partial charge in [0.05, 0.1) is 11.8 Å². The van der Waals surface area contributed by atoms with Crippen LogP contribution >= 0.6 is 0 Å². The molecule has 0 aliphatic carbocycles. The van der Waals surface area contributed by atoms with Crippen LogP contribution in [0.2, 0.25) is 0 Å². The van der Waals surface area contributed by atoms with Crippen molar-refractivity contribution in [3.05, 3.63) is 23.8 Å². The Bertz CT molecular complexity index is 602. The molecule has 1 unspecified atom stereocenters. The Morgan fingerprint density at radius 2 is 2.05 bits per heavy atom. The van der Waals surface area contributed by atoms with Gasteiger partial charge < -0.3 is 10.5 Å². The van der Waals surface area contributed by atoms with Gasteiger partial charge in [-0.25, -0.2) is 21.9 Å². The van der Waals surface area contributed by atoms with Crippen molar-refractivity contribution >= 4 is 15.7 Å². The van der Waals surface area contributed by atoms with Crippen molar-refractivity contribution in [3.8, 4) is 0 Å². The van der Waals surface area contributed by atoms with E-state index in [0.29, 0.717) is 19.1 Å². The van der Waals surface area contributed by atoms with Gasteiger partial charge in [-0.2, -0.15) is 0 Å². The molecule has 0 aromatic heterocycles. The molecule has 3 N–H and O–H groups in total. The van der Waals surface area contributed by atoms with Crippen LogP contribution < -0.4 is 10.5 Å². The summed E-state index contributed by atoms with van der Waals surface area (Å²) in [6, 6.07) is 1.25. The maximum absolute atomic E-state index is 13.6. The molecule has 1 atom stereocenters. The van der Waals surface area contributed by atoms with Gasteiger partial charge in [0.2, 0.25) is 10.0 Å². The van der Waals surface area contributed by atoms with Crippen LogP contribution in [0.1, 0.15) is 25.7 Å². The first-order chi connectivity index (χ1) is 9.90. The summed E-state index contributed by atoms with van der Waals surface area (Å²) >= 11 is 0. The van der Waals surface area contributed by atoms with Crippen molar-refractivity contribution in [1.29, 1.82) is 0 Å². The smallest absolute Gasteiger partial charge is 0.243 e. The maximum atomic E-state index is 13.6. The van der Waals surface area contributed by atoms with Crippen LogP contribution in [0.25, 0.3) is 0 Å². The number of ether oxygens (including phenoxy) is 1. The molecule has 0 bridgehead atoms. The Hall–Kier alpha value is -1.25. The average Bonchev–Trinajstić information content (AvgIpc) is 2.43. The predicted octanol–water partition coefficient (Wildman–Crippen LogP) is 1.78. The van der Waals surface area contributed by atoms with Gasteiger partial charge in [-0.15, -0.1) is 0 Å². The van der Waals surface area contributed by atoms with Gasteiger partial charge in [0.1, 0.15) is 16.5 Å². The fourth-order valence-corrected chi connectivity index (χ4v) is 3.36. The number of nitrogen functional groups attached to an aromatic ring is 1. The minimum Gasteiger partial charge on any atom is -0.396 e. The van der Waals surface area contributed by atoms with Crippen LogP contribution in [0.5, 0.6) is 0 Å². The van der Waals surface area contributed by atoms with E-state index in [0.717, 1.165) is 25.3 Å². The number of halogens is 2. The van der Waals surface area contributed by atoms with Crippen molar-refractivity contribution in [2.24, 2.45) is 0 Å². The van der Waals surface area contributed by atoms with E-state index in [2.05, 4.69) is 4.72 Å². The molecule has 1 aromatic carbocycles. The van der Waals surface area contributed by atoms with Gasteiger partial charge in [0, 0.05) is 19.2 Å². The standard InChI is InChI=1S/C13H18F2N2O3S/c14-10-7-11(15)13(8-12(10)16)21(18,19)17-5-4-9-3-1-2-6-20-9/h7-9,17H,1-6,16H2.